The molecule has 0 amide bonds. The maximum atomic E-state index is 13.3. The van der Waals surface area contributed by atoms with Gasteiger partial charge in [0.2, 0.25) is 0 Å². The molecule has 0 aliphatic carbocycles. The van der Waals surface area contributed by atoms with Crippen molar-refractivity contribution >= 4 is 35.7 Å². The molecule has 3 saturated heterocycles. The minimum absolute atomic E-state index is 0.154. The number of hydrogen-bond acceptors (Lipinski definition) is 16. The number of rotatable bonds is 8. The van der Waals surface area contributed by atoms with Gasteiger partial charge in [0, 0.05) is 25.0 Å². The number of hydrogen-bond donors (Lipinski definition) is 3. The molecule has 1 aromatic rings. The number of carbonyl (C=O) groups is 5. The summed E-state index contributed by atoms with van der Waals surface area (Å²) >= 11 is 0. The van der Waals surface area contributed by atoms with Crippen LogP contribution in [0.5, 0.6) is 0 Å². The van der Waals surface area contributed by atoms with E-state index in [0.29, 0.717) is 37.7 Å². The molecule has 58 heavy (non-hydrogen) atoms. The Morgan fingerprint density at radius 1 is 0.828 bits per heavy atom. The van der Waals surface area contributed by atoms with Gasteiger partial charge in [-0.25, -0.2) is 9.59 Å². The second-order valence-electron chi connectivity index (χ2n) is 14.7. The highest BCUT2D eigenvalue weighted by Gasteiger charge is 2.54. The van der Waals surface area contributed by atoms with E-state index in [0.717, 1.165) is 12.5 Å². The molecule has 1 aromatic carbocycles. The highest BCUT2D eigenvalue weighted by atomic mass is 16.8. The zero-order valence-corrected chi connectivity index (χ0v) is 33.8. The first-order valence-corrected chi connectivity index (χ1v) is 20.0. The molecule has 3 fully saturated rings. The largest absolute Gasteiger partial charge is 0.463 e. The number of esters is 4. The zero-order chi connectivity index (χ0) is 42.4. The maximum Gasteiger partial charge on any atom is 0.333 e. The summed E-state index contributed by atoms with van der Waals surface area (Å²) in [6.07, 6.45) is -9.21. The van der Waals surface area contributed by atoms with Gasteiger partial charge in [-0.1, -0.05) is 62.6 Å². The molecule has 3 aliphatic heterocycles. The Balaban J connectivity index is 1.73. The molecular weight excluding hydrogens is 760 g/mol. The summed E-state index contributed by atoms with van der Waals surface area (Å²) in [5, 5.41) is 34.1. The fraction of sp³-hybridized carbons (Fsp3) is 0.643. The van der Waals surface area contributed by atoms with Gasteiger partial charge in [-0.05, 0) is 58.1 Å². The van der Waals surface area contributed by atoms with E-state index < -0.39 is 116 Å². The molecule has 1 unspecified atom stereocenters. The van der Waals surface area contributed by atoms with E-state index in [-0.39, 0.29) is 18.4 Å². The van der Waals surface area contributed by atoms with Crippen LogP contribution < -0.4 is 0 Å². The third kappa shape index (κ3) is 13.5. The molecule has 3 N–H and O–H groups in total. The minimum atomic E-state index is -1.89. The van der Waals surface area contributed by atoms with Crippen LogP contribution in [-0.2, 0) is 61.9 Å². The Morgan fingerprint density at radius 3 is 2.24 bits per heavy atom. The number of benzene rings is 1. The SMILES string of the molecule is C/C=C(/C)C(=O)O[C@@H]1[C@@H](O)[C@@H]2O[C@@H]3[C@@H](O[C@@H](CCC)CCCCCC(OC(C)=O)C(=O)CCC(=O)OC[C@H](O2)[C@H]1OC(=O)/C=C/c1ccccc1)O[C@@H](C)[C@@H](O)[C@H]3O. The first-order chi connectivity index (χ1) is 27.7. The lowest BCUT2D eigenvalue weighted by atomic mass is 9.96. The third-order valence-electron chi connectivity index (χ3n) is 10.2. The molecule has 3 aliphatic rings. The number of Topliss-reactive ketones (excluding diaryl/α,β-unsaturated/α-hetero) is 1. The fourth-order valence-corrected chi connectivity index (χ4v) is 6.86. The van der Waals surface area contributed by atoms with Crippen LogP contribution in [0.3, 0.4) is 0 Å². The quantitative estimate of drug-likeness (QED) is 0.194. The third-order valence-corrected chi connectivity index (χ3v) is 10.2. The molecule has 0 saturated carbocycles. The van der Waals surface area contributed by atoms with E-state index in [1.54, 1.807) is 44.2 Å². The van der Waals surface area contributed by atoms with E-state index in [1.807, 2.05) is 6.92 Å². The number of ketones is 1. The molecular formula is C42H58O16. The minimum Gasteiger partial charge on any atom is -0.463 e. The summed E-state index contributed by atoms with van der Waals surface area (Å²) in [7, 11) is 0. The molecule has 16 nitrogen and oxygen atoms in total. The number of allylic oxidation sites excluding steroid dienone is 1. The topological polar surface area (TPSA) is 220 Å². The van der Waals surface area contributed by atoms with Crippen molar-refractivity contribution in [3.63, 3.8) is 0 Å². The molecule has 12 atom stereocenters. The number of carbonyl (C=O) groups excluding carboxylic acids is 5. The fourth-order valence-electron chi connectivity index (χ4n) is 6.86. The van der Waals surface area contributed by atoms with Crippen LogP contribution in [0, 0.1) is 0 Å². The summed E-state index contributed by atoms with van der Waals surface area (Å²) in [5.74, 6) is -3.75. The Bertz CT molecular complexity index is 1580. The normalized spacial score (nSPS) is 33.6. The Labute approximate surface area is 338 Å². The highest BCUT2D eigenvalue weighted by molar-refractivity contribution is 5.89. The second-order valence-corrected chi connectivity index (χ2v) is 14.7. The van der Waals surface area contributed by atoms with Crippen LogP contribution in [0.2, 0.25) is 0 Å². The van der Waals surface area contributed by atoms with Crippen molar-refractivity contribution in [2.75, 3.05) is 6.61 Å². The van der Waals surface area contributed by atoms with Gasteiger partial charge in [0.05, 0.1) is 18.6 Å². The van der Waals surface area contributed by atoms with Crippen LogP contribution in [0.1, 0.15) is 98.0 Å². The van der Waals surface area contributed by atoms with Gasteiger partial charge in [0.1, 0.15) is 37.1 Å². The van der Waals surface area contributed by atoms with Crippen LogP contribution in [0.15, 0.2) is 48.1 Å². The summed E-state index contributed by atoms with van der Waals surface area (Å²) < 4.78 is 47.1. The molecule has 2 bridgehead atoms. The first-order valence-electron chi connectivity index (χ1n) is 20.0. The van der Waals surface area contributed by atoms with Gasteiger partial charge in [0.15, 0.2) is 36.7 Å². The van der Waals surface area contributed by atoms with E-state index in [2.05, 4.69) is 0 Å². The number of aliphatic hydroxyl groups excluding tert-OH is 3. The van der Waals surface area contributed by atoms with Crippen molar-refractivity contribution in [3.05, 3.63) is 53.6 Å². The van der Waals surface area contributed by atoms with Crippen LogP contribution in [0.25, 0.3) is 6.08 Å². The maximum absolute atomic E-state index is 13.3. The molecule has 4 rings (SSSR count). The van der Waals surface area contributed by atoms with Crippen molar-refractivity contribution in [1.82, 2.24) is 0 Å². The van der Waals surface area contributed by atoms with E-state index in [1.165, 1.54) is 26.0 Å². The Morgan fingerprint density at radius 2 is 1.55 bits per heavy atom. The summed E-state index contributed by atoms with van der Waals surface area (Å²) in [5.41, 5.74) is 0.825. The molecule has 322 valence electrons. The Hall–Kier alpha value is -4.03. The average molecular weight is 819 g/mol. The van der Waals surface area contributed by atoms with Crippen molar-refractivity contribution in [3.8, 4) is 0 Å². The lowest BCUT2D eigenvalue weighted by Gasteiger charge is -2.47. The molecule has 3 heterocycles. The van der Waals surface area contributed by atoms with E-state index >= 15 is 0 Å². The van der Waals surface area contributed by atoms with Gasteiger partial charge in [-0.15, -0.1) is 0 Å². The van der Waals surface area contributed by atoms with Crippen LogP contribution >= 0.6 is 0 Å². The van der Waals surface area contributed by atoms with Crippen molar-refractivity contribution in [2.45, 2.75) is 166 Å². The lowest BCUT2D eigenvalue weighted by molar-refractivity contribution is -0.369. The molecule has 0 radical (unpaired) electrons. The summed E-state index contributed by atoms with van der Waals surface area (Å²) in [6.45, 7) is 7.16. The van der Waals surface area contributed by atoms with Gasteiger partial charge in [-0.3, -0.25) is 14.4 Å². The monoisotopic (exact) mass is 818 g/mol. The van der Waals surface area contributed by atoms with Gasteiger partial charge >= 0.3 is 23.9 Å². The smallest absolute Gasteiger partial charge is 0.333 e. The van der Waals surface area contributed by atoms with Crippen molar-refractivity contribution < 1.29 is 77.2 Å². The van der Waals surface area contributed by atoms with Crippen molar-refractivity contribution in [2.24, 2.45) is 0 Å². The Kier molecular flexibility index (Phi) is 18.5. The summed E-state index contributed by atoms with van der Waals surface area (Å²) in [6, 6.07) is 8.84. The van der Waals surface area contributed by atoms with E-state index in [9.17, 15) is 39.3 Å². The summed E-state index contributed by atoms with van der Waals surface area (Å²) in [4.78, 5) is 64.6. The number of fused-ring (bicyclic) bond motifs is 3. The van der Waals surface area contributed by atoms with E-state index in [4.69, 9.17) is 37.9 Å². The first kappa shape index (κ1) is 46.7. The second kappa shape index (κ2) is 22.9. The number of ether oxygens (including phenoxy) is 8. The van der Waals surface area contributed by atoms with Gasteiger partial charge < -0.3 is 53.2 Å². The molecule has 16 heteroatoms. The average Bonchev–Trinajstić information content (AvgIpc) is 3.20. The van der Waals surface area contributed by atoms with Gasteiger partial charge in [-0.2, -0.15) is 0 Å². The van der Waals surface area contributed by atoms with Crippen LogP contribution in [-0.4, -0.2) is 125 Å². The molecule has 0 aromatic heterocycles. The number of cyclic esters (lactones) is 1. The predicted octanol–water partition coefficient (Wildman–Crippen LogP) is 3.40. The van der Waals surface area contributed by atoms with Gasteiger partial charge in [0.25, 0.3) is 0 Å². The van der Waals surface area contributed by atoms with Crippen molar-refractivity contribution in [1.29, 1.82) is 0 Å². The molecule has 0 spiro atoms. The standard InChI is InChI=1S/C42H58O16/c1-6-14-28-17-12-9-13-18-30(53-26(5)43)29(44)20-22-32(45)51-23-31-37(56-33(46)21-19-27-15-10-8-11-16-27)38(57-40(50)24(3)7-2)36(49)41(55-31)58-39-35(48)34(47)25(4)52-42(39)54-28/h7-8,10-11,15-16,19,21,25,28,30-31,34-39,41-42,47-49H,6,9,12-14,17-18,20,22-23H2,1-5H3/b21-19+,24-7-/t25-,28-,30?,31-,34+,35+,36+,37+,38+,39-,41-,42+/m0/s1. The lowest BCUT2D eigenvalue weighted by Crippen LogP contribution is -2.65. The number of aliphatic hydroxyl groups is 3. The zero-order valence-electron chi connectivity index (χ0n) is 33.8. The predicted molar refractivity (Wildman–Crippen MR) is 204 cm³/mol. The highest BCUT2D eigenvalue weighted by Crippen LogP contribution is 2.34. The van der Waals surface area contributed by atoms with Crippen LogP contribution in [0.4, 0.5) is 0 Å².